The molecule has 0 aromatic carbocycles. The van der Waals surface area contributed by atoms with Crippen molar-refractivity contribution in [1.29, 1.82) is 0 Å². The Morgan fingerprint density at radius 2 is 2.27 bits per heavy atom. The molecule has 0 radical (unpaired) electrons. The Hall–Kier alpha value is -1.03. The van der Waals surface area contributed by atoms with E-state index < -0.39 is 0 Å². The van der Waals surface area contributed by atoms with E-state index in [1.54, 1.807) is 0 Å². The lowest BCUT2D eigenvalue weighted by Crippen LogP contribution is -2.11. The molecular weight excluding hydrogens is 188 g/mol. The van der Waals surface area contributed by atoms with E-state index in [2.05, 4.69) is 24.3 Å². The van der Waals surface area contributed by atoms with Crippen LogP contribution in [0.15, 0.2) is 6.20 Å². The molecular formula is C11H22N4. The fourth-order valence-electron chi connectivity index (χ4n) is 1.56. The van der Waals surface area contributed by atoms with Gasteiger partial charge in [-0.15, -0.1) is 0 Å². The first-order valence-electron chi connectivity index (χ1n) is 5.60. The van der Waals surface area contributed by atoms with Gasteiger partial charge in [0, 0.05) is 13.6 Å². The second kappa shape index (κ2) is 5.75. The summed E-state index contributed by atoms with van der Waals surface area (Å²) in [5, 5.41) is 7.65. The molecule has 1 aromatic rings. The van der Waals surface area contributed by atoms with Crippen LogP contribution in [0.4, 0.5) is 5.69 Å². The minimum atomic E-state index is 0.649. The van der Waals surface area contributed by atoms with Gasteiger partial charge in [-0.25, -0.2) is 0 Å². The smallest absolute Gasteiger partial charge is 0.0759 e. The van der Waals surface area contributed by atoms with Crippen LogP contribution in [0.2, 0.25) is 0 Å². The highest BCUT2D eigenvalue weighted by molar-refractivity contribution is 5.46. The lowest BCUT2D eigenvalue weighted by atomic mass is 10.1. The maximum absolute atomic E-state index is 5.46. The Labute approximate surface area is 91.8 Å². The molecule has 0 spiro atoms. The summed E-state index contributed by atoms with van der Waals surface area (Å²) in [5.74, 6) is 0.649. The molecule has 0 atom stereocenters. The van der Waals surface area contributed by atoms with Crippen LogP contribution in [-0.4, -0.2) is 22.9 Å². The van der Waals surface area contributed by atoms with E-state index in [1.165, 1.54) is 5.69 Å². The monoisotopic (exact) mass is 210 g/mol. The normalized spacial score (nSPS) is 11.0. The van der Waals surface area contributed by atoms with Crippen molar-refractivity contribution in [1.82, 2.24) is 9.78 Å². The molecule has 1 rings (SSSR count). The minimum absolute atomic E-state index is 0.649. The number of aryl methyl sites for hydroxylation is 1. The van der Waals surface area contributed by atoms with Crippen molar-refractivity contribution in [3.05, 3.63) is 11.9 Å². The quantitative estimate of drug-likeness (QED) is 0.697. The first-order chi connectivity index (χ1) is 7.15. The van der Waals surface area contributed by atoms with Crippen molar-refractivity contribution in [3.63, 3.8) is 0 Å². The van der Waals surface area contributed by atoms with Crippen molar-refractivity contribution in [2.24, 2.45) is 18.7 Å². The van der Waals surface area contributed by atoms with Crippen LogP contribution >= 0.6 is 0 Å². The molecule has 0 saturated heterocycles. The van der Waals surface area contributed by atoms with Gasteiger partial charge < -0.3 is 11.1 Å². The molecule has 0 amide bonds. The van der Waals surface area contributed by atoms with Gasteiger partial charge in [-0.05, 0) is 25.3 Å². The van der Waals surface area contributed by atoms with Gasteiger partial charge in [-0.1, -0.05) is 13.8 Å². The third-order valence-corrected chi connectivity index (χ3v) is 2.36. The summed E-state index contributed by atoms with van der Waals surface area (Å²) in [7, 11) is 1.99. The van der Waals surface area contributed by atoms with E-state index in [-0.39, 0.29) is 0 Å². The number of anilines is 1. The summed E-state index contributed by atoms with van der Waals surface area (Å²) >= 11 is 0. The zero-order chi connectivity index (χ0) is 11.3. The molecule has 0 aliphatic rings. The van der Waals surface area contributed by atoms with E-state index in [0.717, 1.165) is 31.6 Å². The number of rotatable bonds is 6. The van der Waals surface area contributed by atoms with Gasteiger partial charge in [0.15, 0.2) is 0 Å². The number of hydrogen-bond acceptors (Lipinski definition) is 3. The van der Waals surface area contributed by atoms with Gasteiger partial charge in [-0.3, -0.25) is 4.68 Å². The molecule has 3 N–H and O–H groups in total. The second-order valence-electron chi connectivity index (χ2n) is 4.30. The molecule has 0 fully saturated rings. The Bertz CT molecular complexity index is 291. The molecule has 86 valence electrons. The van der Waals surface area contributed by atoms with Crippen molar-refractivity contribution >= 4 is 5.69 Å². The second-order valence-corrected chi connectivity index (χ2v) is 4.30. The highest BCUT2D eigenvalue weighted by atomic mass is 15.3. The number of hydrogen-bond donors (Lipinski definition) is 2. The minimum Gasteiger partial charge on any atom is -0.382 e. The summed E-state index contributed by atoms with van der Waals surface area (Å²) in [6.07, 6.45) is 3.95. The summed E-state index contributed by atoms with van der Waals surface area (Å²) in [5.41, 5.74) is 7.89. The third kappa shape index (κ3) is 3.55. The largest absolute Gasteiger partial charge is 0.382 e. The first kappa shape index (κ1) is 12.0. The molecule has 0 aliphatic heterocycles. The van der Waals surface area contributed by atoms with Crippen LogP contribution < -0.4 is 11.1 Å². The highest BCUT2D eigenvalue weighted by Gasteiger charge is 2.09. The van der Waals surface area contributed by atoms with Crippen LogP contribution in [0, 0.1) is 5.92 Å². The zero-order valence-corrected chi connectivity index (χ0v) is 9.95. The van der Waals surface area contributed by atoms with E-state index in [0.29, 0.717) is 5.92 Å². The number of nitrogens with one attached hydrogen (secondary N) is 1. The van der Waals surface area contributed by atoms with E-state index >= 15 is 0 Å². The van der Waals surface area contributed by atoms with Gasteiger partial charge in [-0.2, -0.15) is 5.10 Å². The Morgan fingerprint density at radius 3 is 2.87 bits per heavy atom. The predicted octanol–water partition coefficient (Wildman–Crippen LogP) is 1.38. The van der Waals surface area contributed by atoms with Crippen LogP contribution in [0.3, 0.4) is 0 Å². The Kier molecular flexibility index (Phi) is 4.62. The average Bonchev–Trinajstić information content (AvgIpc) is 2.49. The third-order valence-electron chi connectivity index (χ3n) is 2.36. The van der Waals surface area contributed by atoms with E-state index in [9.17, 15) is 0 Å². The molecule has 0 unspecified atom stereocenters. The number of nitrogens with zero attached hydrogens (tertiary/aromatic N) is 2. The summed E-state index contributed by atoms with van der Waals surface area (Å²) in [6, 6.07) is 0. The maximum atomic E-state index is 5.46. The fourth-order valence-corrected chi connectivity index (χ4v) is 1.56. The molecule has 15 heavy (non-hydrogen) atoms. The van der Waals surface area contributed by atoms with Crippen LogP contribution in [0.5, 0.6) is 0 Å². The maximum Gasteiger partial charge on any atom is 0.0759 e. The average molecular weight is 210 g/mol. The summed E-state index contributed by atoms with van der Waals surface area (Å²) < 4.78 is 1.95. The molecule has 4 nitrogen and oxygen atoms in total. The van der Waals surface area contributed by atoms with Crippen molar-refractivity contribution in [3.8, 4) is 0 Å². The van der Waals surface area contributed by atoms with E-state index in [4.69, 9.17) is 5.73 Å². The number of nitrogens with two attached hydrogens (primary N) is 1. The lowest BCUT2D eigenvalue weighted by Gasteiger charge is -2.10. The summed E-state index contributed by atoms with van der Waals surface area (Å²) in [4.78, 5) is 0. The molecule has 0 bridgehead atoms. The zero-order valence-electron chi connectivity index (χ0n) is 9.95. The molecule has 1 aromatic heterocycles. The van der Waals surface area contributed by atoms with Crippen LogP contribution in [-0.2, 0) is 13.5 Å². The Balaban J connectivity index is 2.62. The first-order valence-corrected chi connectivity index (χ1v) is 5.60. The van der Waals surface area contributed by atoms with Crippen molar-refractivity contribution < 1.29 is 0 Å². The Morgan fingerprint density at radius 1 is 1.53 bits per heavy atom. The standard InChI is InChI=1S/C11H22N4/c1-9(2)7-11-10(8-14-15(11)3)13-6-4-5-12/h8-9,13H,4-7,12H2,1-3H3. The summed E-state index contributed by atoms with van der Waals surface area (Å²) in [6.45, 7) is 6.09. The molecule has 1 heterocycles. The molecule has 4 heteroatoms. The van der Waals surface area contributed by atoms with Gasteiger partial charge in [0.25, 0.3) is 0 Å². The van der Waals surface area contributed by atoms with Gasteiger partial charge in [0.1, 0.15) is 0 Å². The van der Waals surface area contributed by atoms with Crippen molar-refractivity contribution in [2.75, 3.05) is 18.4 Å². The van der Waals surface area contributed by atoms with Crippen LogP contribution in [0.1, 0.15) is 26.0 Å². The van der Waals surface area contributed by atoms with Crippen molar-refractivity contribution in [2.45, 2.75) is 26.7 Å². The van der Waals surface area contributed by atoms with E-state index in [1.807, 2.05) is 17.9 Å². The topological polar surface area (TPSA) is 55.9 Å². The van der Waals surface area contributed by atoms with Gasteiger partial charge in [0.05, 0.1) is 17.6 Å². The number of aromatic nitrogens is 2. The van der Waals surface area contributed by atoms with Gasteiger partial charge >= 0.3 is 0 Å². The van der Waals surface area contributed by atoms with Crippen LogP contribution in [0.25, 0.3) is 0 Å². The predicted molar refractivity (Wildman–Crippen MR) is 63.9 cm³/mol. The lowest BCUT2D eigenvalue weighted by molar-refractivity contribution is 0.596. The SMILES string of the molecule is CC(C)Cc1c(NCCCN)cnn1C. The van der Waals surface area contributed by atoms with Gasteiger partial charge in [0.2, 0.25) is 0 Å². The fraction of sp³-hybridized carbons (Fsp3) is 0.727. The highest BCUT2D eigenvalue weighted by Crippen LogP contribution is 2.17. The molecule has 0 aliphatic carbocycles. The molecule has 0 saturated carbocycles.